The van der Waals surface area contributed by atoms with Crippen LogP contribution in [-0.4, -0.2) is 46.2 Å². The predicted octanol–water partition coefficient (Wildman–Crippen LogP) is 4.25. The molecule has 1 aromatic carbocycles. The molecule has 0 fully saturated rings. The lowest BCUT2D eigenvalue weighted by Crippen LogP contribution is -2.31. The average Bonchev–Trinajstić information content (AvgIpc) is 3.00. The van der Waals surface area contributed by atoms with E-state index in [9.17, 15) is 14.7 Å². The van der Waals surface area contributed by atoms with Crippen LogP contribution in [0.1, 0.15) is 70.9 Å². The van der Waals surface area contributed by atoms with Crippen LogP contribution in [0, 0.1) is 5.41 Å². The van der Waals surface area contributed by atoms with Gasteiger partial charge in [-0.3, -0.25) is 10.2 Å². The van der Waals surface area contributed by atoms with Gasteiger partial charge in [-0.05, 0) is 30.0 Å². The maximum Gasteiger partial charge on any atom is 0.339 e. The fourth-order valence-corrected chi connectivity index (χ4v) is 3.62. The Morgan fingerprint density at radius 2 is 1.94 bits per heavy atom. The summed E-state index contributed by atoms with van der Waals surface area (Å²) < 4.78 is 5.37. The average molecular weight is 490 g/mol. The highest BCUT2D eigenvalue weighted by atomic mass is 79.9. The van der Waals surface area contributed by atoms with Crippen molar-refractivity contribution in [2.24, 2.45) is 0 Å². The second-order valence-corrected chi connectivity index (χ2v) is 8.45. The maximum absolute atomic E-state index is 13.1. The van der Waals surface area contributed by atoms with Gasteiger partial charge in [-0.1, -0.05) is 33.8 Å². The summed E-state index contributed by atoms with van der Waals surface area (Å²) >= 11 is 0. The molecule has 0 radical (unpaired) electrons. The van der Waals surface area contributed by atoms with Gasteiger partial charge in [-0.25, -0.2) is 9.78 Å². The van der Waals surface area contributed by atoms with Crippen molar-refractivity contribution in [3.05, 3.63) is 57.9 Å². The summed E-state index contributed by atoms with van der Waals surface area (Å²) in [5, 5.41) is 18.1. The SMILES string of the molecule is Br.CCc1ccc2c(n1)C(=N)N(CC(=O)c1cc(C(=O)O)c(OC)c(C(C)(C)C)c1)C2. The van der Waals surface area contributed by atoms with E-state index in [4.69, 9.17) is 10.1 Å². The highest BCUT2D eigenvalue weighted by molar-refractivity contribution is 8.93. The Balaban J connectivity index is 0.00000341. The predicted molar refractivity (Wildman–Crippen MR) is 124 cm³/mol. The van der Waals surface area contributed by atoms with E-state index in [1.54, 1.807) is 11.0 Å². The highest BCUT2D eigenvalue weighted by Gasteiger charge is 2.30. The van der Waals surface area contributed by atoms with Crippen molar-refractivity contribution in [2.45, 2.75) is 46.1 Å². The van der Waals surface area contributed by atoms with Crippen LogP contribution in [0.3, 0.4) is 0 Å². The van der Waals surface area contributed by atoms with Crippen molar-refractivity contribution in [3.63, 3.8) is 0 Å². The molecule has 7 nitrogen and oxygen atoms in total. The normalized spacial score (nSPS) is 12.9. The first kappa shape index (κ1) is 24.5. The van der Waals surface area contributed by atoms with Crippen LogP contribution in [0.4, 0.5) is 0 Å². The highest BCUT2D eigenvalue weighted by Crippen LogP contribution is 2.35. The standard InChI is InChI=1S/C23H27N3O4.BrH/c1-6-15-8-7-13-11-26(21(24)19(13)25-15)12-18(27)14-9-16(22(28)29)20(30-5)17(10-14)23(2,3)4;/h7-10,24H,6,11-12H2,1-5H3,(H,28,29);1H. The molecule has 0 atom stereocenters. The zero-order valence-electron chi connectivity index (χ0n) is 18.4. The molecular weight excluding hydrogens is 462 g/mol. The molecule has 0 amide bonds. The number of ether oxygens (including phenoxy) is 1. The number of benzene rings is 1. The molecule has 0 unspecified atom stereocenters. The van der Waals surface area contributed by atoms with Crippen molar-refractivity contribution in [2.75, 3.05) is 13.7 Å². The van der Waals surface area contributed by atoms with E-state index < -0.39 is 11.4 Å². The number of aryl methyl sites for hydroxylation is 1. The Morgan fingerprint density at radius 3 is 2.48 bits per heavy atom. The number of carboxylic acids is 1. The molecule has 0 aliphatic carbocycles. The van der Waals surface area contributed by atoms with E-state index in [1.165, 1.54) is 13.2 Å². The minimum absolute atomic E-state index is 0. The fraction of sp³-hybridized carbons (Fsp3) is 0.391. The molecule has 2 N–H and O–H groups in total. The summed E-state index contributed by atoms with van der Waals surface area (Å²) in [5.41, 5.74) is 2.93. The van der Waals surface area contributed by atoms with E-state index in [0.29, 0.717) is 23.4 Å². The third-order valence-corrected chi connectivity index (χ3v) is 5.29. The first-order chi connectivity index (χ1) is 14.1. The van der Waals surface area contributed by atoms with E-state index in [0.717, 1.165) is 17.7 Å². The van der Waals surface area contributed by atoms with Crippen molar-refractivity contribution in [3.8, 4) is 5.75 Å². The molecule has 2 aromatic rings. The number of carboxylic acid groups (broad SMARTS) is 1. The van der Waals surface area contributed by atoms with Crippen molar-refractivity contribution in [1.29, 1.82) is 5.41 Å². The number of Topliss-reactive ketones (excluding diaryl/α,β-unsaturated/α-hetero) is 1. The number of halogens is 1. The van der Waals surface area contributed by atoms with Crippen LogP contribution in [0.25, 0.3) is 0 Å². The molecular formula is C23H28BrN3O4. The maximum atomic E-state index is 13.1. The van der Waals surface area contributed by atoms with Gasteiger partial charge in [0, 0.05) is 28.9 Å². The number of aromatic nitrogens is 1. The number of hydrogen-bond donors (Lipinski definition) is 2. The van der Waals surface area contributed by atoms with Gasteiger partial charge < -0.3 is 14.7 Å². The number of nitrogens with zero attached hydrogens (tertiary/aromatic N) is 2. The van der Waals surface area contributed by atoms with Crippen LogP contribution in [0.5, 0.6) is 5.75 Å². The minimum atomic E-state index is -1.15. The Kier molecular flexibility index (Phi) is 7.26. The van der Waals surface area contributed by atoms with Gasteiger partial charge in [0.05, 0.1) is 13.7 Å². The number of fused-ring (bicyclic) bond motifs is 1. The smallest absolute Gasteiger partial charge is 0.339 e. The lowest BCUT2D eigenvalue weighted by Gasteiger charge is -2.24. The molecule has 166 valence electrons. The summed E-state index contributed by atoms with van der Waals surface area (Å²) in [4.78, 5) is 31.1. The molecule has 0 saturated carbocycles. The number of ketones is 1. The van der Waals surface area contributed by atoms with Crippen molar-refractivity contribution in [1.82, 2.24) is 9.88 Å². The number of aromatic carboxylic acids is 1. The second kappa shape index (κ2) is 9.18. The van der Waals surface area contributed by atoms with Crippen LogP contribution in [0.2, 0.25) is 0 Å². The lowest BCUT2D eigenvalue weighted by molar-refractivity contribution is 0.0693. The second-order valence-electron chi connectivity index (χ2n) is 8.45. The third kappa shape index (κ3) is 4.79. The Morgan fingerprint density at radius 1 is 1.26 bits per heavy atom. The molecule has 31 heavy (non-hydrogen) atoms. The third-order valence-electron chi connectivity index (χ3n) is 5.29. The van der Waals surface area contributed by atoms with Crippen molar-refractivity contribution < 1.29 is 19.4 Å². The summed E-state index contributed by atoms with van der Waals surface area (Å²) in [5.74, 6) is -0.913. The first-order valence-corrected chi connectivity index (χ1v) is 9.88. The molecule has 8 heteroatoms. The zero-order valence-corrected chi connectivity index (χ0v) is 20.1. The van der Waals surface area contributed by atoms with Gasteiger partial charge in [0.2, 0.25) is 0 Å². The minimum Gasteiger partial charge on any atom is -0.496 e. The van der Waals surface area contributed by atoms with Gasteiger partial charge in [-0.2, -0.15) is 0 Å². The van der Waals surface area contributed by atoms with Gasteiger partial charge in [-0.15, -0.1) is 17.0 Å². The molecule has 1 aliphatic rings. The van der Waals surface area contributed by atoms with E-state index in [-0.39, 0.29) is 46.5 Å². The largest absolute Gasteiger partial charge is 0.496 e. The molecule has 0 spiro atoms. The Bertz CT molecular complexity index is 1040. The number of pyridine rings is 1. The van der Waals surface area contributed by atoms with E-state index >= 15 is 0 Å². The number of methoxy groups -OCH3 is 1. The van der Waals surface area contributed by atoms with Crippen LogP contribution in [0.15, 0.2) is 24.3 Å². The summed E-state index contributed by atoms with van der Waals surface area (Å²) in [6, 6.07) is 6.95. The topological polar surface area (TPSA) is 104 Å². The van der Waals surface area contributed by atoms with Gasteiger partial charge in [0.15, 0.2) is 5.78 Å². The van der Waals surface area contributed by atoms with Crippen LogP contribution in [-0.2, 0) is 18.4 Å². The van der Waals surface area contributed by atoms with Crippen LogP contribution >= 0.6 is 17.0 Å². The number of nitrogens with one attached hydrogen (secondary N) is 1. The molecule has 0 bridgehead atoms. The summed E-state index contributed by atoms with van der Waals surface area (Å²) in [6.07, 6.45) is 0.777. The van der Waals surface area contributed by atoms with Gasteiger partial charge in [0.25, 0.3) is 0 Å². The number of carbonyl (C=O) groups is 2. The molecule has 0 saturated heterocycles. The number of rotatable bonds is 6. The summed E-state index contributed by atoms with van der Waals surface area (Å²) in [6.45, 7) is 8.24. The lowest BCUT2D eigenvalue weighted by atomic mass is 9.83. The Labute approximate surface area is 192 Å². The van der Waals surface area contributed by atoms with Crippen LogP contribution < -0.4 is 4.74 Å². The van der Waals surface area contributed by atoms with E-state index in [2.05, 4.69) is 4.98 Å². The van der Waals surface area contributed by atoms with Crippen molar-refractivity contribution >= 4 is 34.6 Å². The zero-order chi connectivity index (χ0) is 22.2. The molecule has 2 heterocycles. The number of amidine groups is 1. The number of carbonyl (C=O) groups excluding carboxylic acids is 1. The molecule has 1 aromatic heterocycles. The molecule has 1 aliphatic heterocycles. The van der Waals surface area contributed by atoms with Gasteiger partial charge >= 0.3 is 5.97 Å². The van der Waals surface area contributed by atoms with E-state index in [1.807, 2.05) is 39.8 Å². The molecule has 3 rings (SSSR count). The monoisotopic (exact) mass is 489 g/mol. The first-order valence-electron chi connectivity index (χ1n) is 9.88. The summed E-state index contributed by atoms with van der Waals surface area (Å²) in [7, 11) is 1.43. The fourth-order valence-electron chi connectivity index (χ4n) is 3.62. The van der Waals surface area contributed by atoms with Gasteiger partial charge in [0.1, 0.15) is 22.8 Å². The quantitative estimate of drug-likeness (QED) is 0.587. The Hall–Kier alpha value is -2.74. The number of hydrogen-bond acceptors (Lipinski definition) is 5.